The van der Waals surface area contributed by atoms with Crippen LogP contribution in [-0.2, 0) is 19.9 Å². The van der Waals surface area contributed by atoms with E-state index in [1.165, 1.54) is 5.56 Å². The molecular formula is C29H29NO7. The van der Waals surface area contributed by atoms with Gasteiger partial charge in [0.2, 0.25) is 5.91 Å². The largest absolute Gasteiger partial charge is 0.506 e. The van der Waals surface area contributed by atoms with Crippen molar-refractivity contribution in [1.82, 2.24) is 0 Å². The van der Waals surface area contributed by atoms with Crippen molar-refractivity contribution in [1.29, 1.82) is 0 Å². The fraction of sp³-hybridized carbons (Fsp3) is 0.414. The van der Waals surface area contributed by atoms with E-state index in [-0.39, 0.29) is 47.4 Å². The van der Waals surface area contributed by atoms with Crippen molar-refractivity contribution >= 4 is 23.3 Å². The lowest BCUT2D eigenvalue weighted by molar-refractivity contribution is -0.176. The molecular weight excluding hydrogens is 474 g/mol. The van der Waals surface area contributed by atoms with Crippen LogP contribution in [0.2, 0.25) is 0 Å². The van der Waals surface area contributed by atoms with Gasteiger partial charge in [0.05, 0.1) is 11.7 Å². The van der Waals surface area contributed by atoms with Crippen molar-refractivity contribution in [2.45, 2.75) is 50.7 Å². The van der Waals surface area contributed by atoms with Crippen LogP contribution in [-0.4, -0.2) is 39.1 Å². The topological polar surface area (TPSA) is 133 Å². The van der Waals surface area contributed by atoms with E-state index >= 15 is 0 Å². The summed E-state index contributed by atoms with van der Waals surface area (Å²) >= 11 is 0. The molecule has 8 heteroatoms. The van der Waals surface area contributed by atoms with Crippen LogP contribution in [0.4, 0.5) is 5.69 Å². The molecule has 3 aliphatic carbocycles. The minimum absolute atomic E-state index is 0.0272. The van der Waals surface area contributed by atoms with E-state index in [1.54, 1.807) is 6.08 Å². The van der Waals surface area contributed by atoms with Crippen LogP contribution in [0.15, 0.2) is 54.6 Å². The number of carboxylic acids is 1. The summed E-state index contributed by atoms with van der Waals surface area (Å²) in [5.41, 5.74) is -0.929. The zero-order chi connectivity index (χ0) is 26.2. The lowest BCUT2D eigenvalue weighted by atomic mass is 9.51. The summed E-state index contributed by atoms with van der Waals surface area (Å²) in [7, 11) is 0. The maximum absolute atomic E-state index is 13.3. The standard InChI is InChI=1S/C29H29NO7/c1-27(11-10-22(33)30-23-19(31)8-7-18(24(23)34)26(35)36)21(32)9-12-28-14-17-13-20(25(27)28)37-29(17,15-28)16-5-3-2-4-6-16/h2-9,12,17,20,25,31,34H,10-11,13-15H2,1H3,(H,30,33)(H,35,36)/t17?,20?,25?,27-,28?,29?/m1/s1. The number of hydrogen-bond acceptors (Lipinski definition) is 6. The van der Waals surface area contributed by atoms with Crippen LogP contribution in [0, 0.1) is 22.7 Å². The number of ether oxygens (including phenoxy) is 1. The fourth-order valence-electron chi connectivity index (χ4n) is 7.87. The normalized spacial score (nSPS) is 34.9. The van der Waals surface area contributed by atoms with Crippen LogP contribution in [0.3, 0.4) is 0 Å². The number of phenols is 2. The number of carboxylic acid groups (broad SMARTS) is 1. The molecule has 2 aromatic carbocycles. The summed E-state index contributed by atoms with van der Waals surface area (Å²) in [5, 5.41) is 32.0. The highest BCUT2D eigenvalue weighted by Gasteiger charge is 2.73. The van der Waals surface area contributed by atoms with E-state index in [0.717, 1.165) is 31.4 Å². The van der Waals surface area contributed by atoms with Gasteiger partial charge in [0.1, 0.15) is 17.0 Å². The van der Waals surface area contributed by atoms with Gasteiger partial charge in [0.15, 0.2) is 11.5 Å². The first-order valence-corrected chi connectivity index (χ1v) is 12.6. The van der Waals surface area contributed by atoms with Crippen molar-refractivity contribution in [3.63, 3.8) is 0 Å². The Morgan fingerprint density at radius 1 is 1.14 bits per heavy atom. The number of anilines is 1. The van der Waals surface area contributed by atoms with Crippen molar-refractivity contribution in [2.75, 3.05) is 5.32 Å². The molecule has 5 aliphatic rings. The molecule has 2 heterocycles. The van der Waals surface area contributed by atoms with Gasteiger partial charge in [-0.05, 0) is 60.8 Å². The zero-order valence-corrected chi connectivity index (χ0v) is 20.4. The summed E-state index contributed by atoms with van der Waals surface area (Å²) in [6.07, 6.45) is 6.55. The van der Waals surface area contributed by atoms with Gasteiger partial charge in [-0.15, -0.1) is 0 Å². The molecule has 4 fully saturated rings. The molecule has 4 bridgehead atoms. The number of carbonyl (C=O) groups excluding carboxylic acids is 2. The highest BCUT2D eigenvalue weighted by atomic mass is 16.5. The van der Waals surface area contributed by atoms with E-state index < -0.39 is 34.4 Å². The average molecular weight is 504 g/mol. The third-order valence-electron chi connectivity index (χ3n) is 9.35. The predicted molar refractivity (Wildman–Crippen MR) is 133 cm³/mol. The number of aromatic carboxylic acids is 1. The summed E-state index contributed by atoms with van der Waals surface area (Å²) in [6, 6.07) is 12.5. The minimum atomic E-state index is -1.38. The second-order valence-corrected chi connectivity index (χ2v) is 11.3. The predicted octanol–water partition coefficient (Wildman–Crippen LogP) is 4.37. The summed E-state index contributed by atoms with van der Waals surface area (Å²) in [5.74, 6) is -2.77. The first kappa shape index (κ1) is 23.7. The second-order valence-electron chi connectivity index (χ2n) is 11.3. The number of nitrogens with one attached hydrogen (secondary N) is 1. The highest BCUT2D eigenvalue weighted by molar-refractivity contribution is 6.00. The summed E-state index contributed by atoms with van der Waals surface area (Å²) in [6.45, 7) is 1.92. The van der Waals surface area contributed by atoms with Crippen molar-refractivity contribution in [3.05, 3.63) is 65.7 Å². The van der Waals surface area contributed by atoms with Crippen LogP contribution in [0.1, 0.15) is 54.9 Å². The van der Waals surface area contributed by atoms with Crippen LogP contribution >= 0.6 is 0 Å². The smallest absolute Gasteiger partial charge is 0.339 e. The van der Waals surface area contributed by atoms with Gasteiger partial charge < -0.3 is 25.4 Å². The van der Waals surface area contributed by atoms with Gasteiger partial charge in [0, 0.05) is 17.8 Å². The quantitative estimate of drug-likeness (QED) is 0.430. The lowest BCUT2D eigenvalue weighted by Crippen LogP contribution is -2.56. The van der Waals surface area contributed by atoms with Gasteiger partial charge in [-0.1, -0.05) is 43.3 Å². The van der Waals surface area contributed by atoms with Gasteiger partial charge in [-0.2, -0.15) is 0 Å². The van der Waals surface area contributed by atoms with Crippen molar-refractivity contribution in [2.24, 2.45) is 22.7 Å². The maximum atomic E-state index is 13.3. The lowest BCUT2D eigenvalue weighted by Gasteiger charge is -2.55. The number of hydrogen-bond donors (Lipinski definition) is 4. The van der Waals surface area contributed by atoms with Crippen molar-refractivity contribution < 1.29 is 34.4 Å². The van der Waals surface area contributed by atoms with Gasteiger partial charge >= 0.3 is 5.97 Å². The molecule has 192 valence electrons. The Kier molecular flexibility index (Phi) is 5.08. The number of rotatable bonds is 6. The number of benzene rings is 2. The molecule has 2 saturated carbocycles. The first-order chi connectivity index (χ1) is 17.6. The number of allylic oxidation sites excluding steroid dienone is 2. The molecule has 4 N–H and O–H groups in total. The Labute approximate surface area is 214 Å². The van der Waals surface area contributed by atoms with Crippen molar-refractivity contribution in [3.8, 4) is 11.5 Å². The molecule has 2 aliphatic heterocycles. The van der Waals surface area contributed by atoms with E-state index in [4.69, 9.17) is 4.74 Å². The molecule has 8 nitrogen and oxygen atoms in total. The molecule has 1 spiro atoms. The molecule has 6 atom stereocenters. The van der Waals surface area contributed by atoms with Crippen LogP contribution in [0.5, 0.6) is 11.5 Å². The van der Waals surface area contributed by atoms with E-state index in [9.17, 15) is 29.7 Å². The second kappa shape index (κ2) is 7.92. The Bertz CT molecular complexity index is 1350. The van der Waals surface area contributed by atoms with E-state index in [1.807, 2.05) is 25.1 Å². The third kappa shape index (κ3) is 3.28. The van der Waals surface area contributed by atoms with Gasteiger partial charge in [-0.3, -0.25) is 9.59 Å². The molecule has 2 saturated heterocycles. The van der Waals surface area contributed by atoms with E-state index in [0.29, 0.717) is 5.92 Å². The molecule has 7 rings (SSSR count). The van der Waals surface area contributed by atoms with E-state index in [2.05, 4.69) is 23.5 Å². The monoisotopic (exact) mass is 503 g/mol. The Morgan fingerprint density at radius 3 is 2.62 bits per heavy atom. The zero-order valence-electron chi connectivity index (χ0n) is 20.4. The molecule has 0 aromatic heterocycles. The summed E-state index contributed by atoms with van der Waals surface area (Å²) in [4.78, 5) is 37.5. The van der Waals surface area contributed by atoms with Gasteiger partial charge in [0.25, 0.3) is 0 Å². The van der Waals surface area contributed by atoms with Gasteiger partial charge in [-0.25, -0.2) is 4.79 Å². The molecule has 5 unspecified atom stereocenters. The molecule has 0 radical (unpaired) electrons. The van der Waals surface area contributed by atoms with Crippen LogP contribution < -0.4 is 5.32 Å². The fourth-order valence-corrected chi connectivity index (χ4v) is 7.87. The number of phenolic OH excluding ortho intramolecular Hbond substituents is 1. The Morgan fingerprint density at radius 2 is 1.89 bits per heavy atom. The minimum Gasteiger partial charge on any atom is -0.506 e. The Balaban J connectivity index is 1.24. The maximum Gasteiger partial charge on any atom is 0.339 e. The molecule has 37 heavy (non-hydrogen) atoms. The SMILES string of the molecule is C[C@@]1(CCC(=O)Nc2c(O)ccc(C(=O)O)c2O)C(=O)C=CC23CC4CC(OC4(c4ccccc4)C2)C31. The Hall–Kier alpha value is -3.65. The molecule has 1 amide bonds. The number of carbonyl (C=O) groups is 3. The summed E-state index contributed by atoms with van der Waals surface area (Å²) < 4.78 is 6.79. The number of amides is 1. The number of ketones is 1. The molecule has 2 aromatic rings. The third-order valence-corrected chi connectivity index (χ3v) is 9.35. The van der Waals surface area contributed by atoms with Crippen LogP contribution in [0.25, 0.3) is 0 Å². The average Bonchev–Trinajstić information content (AvgIpc) is 3.28. The number of aromatic hydroxyl groups is 2. The first-order valence-electron chi connectivity index (χ1n) is 12.6. The highest BCUT2D eigenvalue weighted by Crippen LogP contribution is 2.74.